The molecule has 9 heteroatoms. The lowest BCUT2D eigenvalue weighted by atomic mass is 9.90. The Morgan fingerprint density at radius 1 is 1.14 bits per heavy atom. The number of aromatic nitrogens is 3. The second kappa shape index (κ2) is 10.3. The van der Waals surface area contributed by atoms with E-state index in [9.17, 15) is 9.59 Å². The molecule has 182 valence electrons. The number of hydrogen-bond donors (Lipinski definition) is 2. The van der Waals surface area contributed by atoms with E-state index in [1.807, 2.05) is 30.3 Å². The van der Waals surface area contributed by atoms with Crippen LogP contribution in [-0.2, 0) is 0 Å². The lowest BCUT2D eigenvalue weighted by molar-refractivity contribution is 0.0958. The van der Waals surface area contributed by atoms with E-state index in [0.717, 1.165) is 62.3 Å². The summed E-state index contributed by atoms with van der Waals surface area (Å²) in [6, 6.07) is 11.8. The molecule has 0 aliphatic carbocycles. The molecule has 1 unspecified atom stereocenters. The highest BCUT2D eigenvalue weighted by Crippen LogP contribution is 2.36. The molecule has 2 N–H and O–H groups in total. The number of nitrogens with zero attached hydrogens (tertiary/aromatic N) is 4. The Bertz CT molecular complexity index is 1300. The van der Waals surface area contributed by atoms with Crippen LogP contribution in [0.4, 0.5) is 5.69 Å². The molecule has 0 spiro atoms. The molecule has 0 radical (unpaired) electrons. The van der Waals surface area contributed by atoms with Gasteiger partial charge >= 0.3 is 0 Å². The van der Waals surface area contributed by atoms with Crippen molar-refractivity contribution >= 4 is 45.1 Å². The molecule has 2 aliphatic rings. The molecule has 3 aromatic rings. The number of halogens is 1. The molecule has 2 saturated heterocycles. The molecule has 1 amide bonds. The summed E-state index contributed by atoms with van der Waals surface area (Å²) in [6.07, 6.45) is 5.79. The number of para-hydroxylation sites is 1. The van der Waals surface area contributed by atoms with E-state index in [1.54, 1.807) is 19.3 Å². The van der Waals surface area contributed by atoms with Crippen molar-refractivity contribution < 1.29 is 4.79 Å². The number of likely N-dealkylation sites (tertiary alicyclic amines) is 1. The smallest absolute Gasteiger partial charge is 0.269 e. The fourth-order valence-electron chi connectivity index (χ4n) is 5.24. The quantitative estimate of drug-likeness (QED) is 0.454. The summed E-state index contributed by atoms with van der Waals surface area (Å²) in [4.78, 5) is 41.4. The van der Waals surface area contributed by atoms with E-state index >= 15 is 0 Å². The standard InChI is InChI=1S/C26H29IN6O2/c1-28-26(35)23-7-6-19(16-29-23)32-11-9-18(10-12-32)33-13-8-17(14-20(33)15-27)24-30-22-5-3-2-4-21(22)25(34)31-24/h2-7,15-18H,8-14H2,1H3,(H,28,35)(H,30,31,34)/b20-15-. The van der Waals surface area contributed by atoms with Crippen LogP contribution in [0.1, 0.15) is 47.9 Å². The summed E-state index contributed by atoms with van der Waals surface area (Å²) >= 11 is 2.35. The minimum absolute atomic E-state index is 0.0572. The number of amides is 1. The first-order chi connectivity index (χ1) is 17.1. The van der Waals surface area contributed by atoms with Gasteiger partial charge in [0.05, 0.1) is 22.8 Å². The van der Waals surface area contributed by atoms with Gasteiger partial charge in [0.1, 0.15) is 11.5 Å². The molecule has 2 aliphatic heterocycles. The van der Waals surface area contributed by atoms with Gasteiger partial charge in [-0.25, -0.2) is 9.97 Å². The number of nitrogens with one attached hydrogen (secondary N) is 2. The van der Waals surface area contributed by atoms with Crippen molar-refractivity contribution in [1.29, 1.82) is 0 Å². The predicted octanol–water partition coefficient (Wildman–Crippen LogP) is 3.80. The average Bonchev–Trinajstić information content (AvgIpc) is 2.92. The number of fused-ring (bicyclic) bond motifs is 1. The predicted molar refractivity (Wildman–Crippen MR) is 146 cm³/mol. The number of hydrogen-bond acceptors (Lipinski definition) is 6. The second-order valence-electron chi connectivity index (χ2n) is 9.15. The number of carbonyl (C=O) groups is 1. The number of anilines is 1. The van der Waals surface area contributed by atoms with Crippen molar-refractivity contribution in [3.05, 3.63) is 74.2 Å². The summed E-state index contributed by atoms with van der Waals surface area (Å²) < 4.78 is 2.19. The van der Waals surface area contributed by atoms with Crippen LogP contribution in [0, 0.1) is 0 Å². The Kier molecular flexibility index (Phi) is 7.03. The van der Waals surface area contributed by atoms with Crippen molar-refractivity contribution in [3.63, 3.8) is 0 Å². The van der Waals surface area contributed by atoms with Crippen molar-refractivity contribution in [1.82, 2.24) is 25.2 Å². The maximum absolute atomic E-state index is 12.6. The summed E-state index contributed by atoms with van der Waals surface area (Å²) in [6.45, 7) is 2.88. The molecule has 2 fully saturated rings. The fourth-order valence-corrected chi connectivity index (χ4v) is 5.85. The van der Waals surface area contributed by atoms with Gasteiger partial charge in [0.25, 0.3) is 11.5 Å². The average molecular weight is 584 g/mol. The first-order valence-electron chi connectivity index (χ1n) is 12.1. The lowest BCUT2D eigenvalue weighted by Gasteiger charge is -2.44. The van der Waals surface area contributed by atoms with Gasteiger partial charge in [0.15, 0.2) is 0 Å². The van der Waals surface area contributed by atoms with Gasteiger partial charge in [0.2, 0.25) is 0 Å². The molecule has 8 nitrogen and oxygen atoms in total. The summed E-state index contributed by atoms with van der Waals surface area (Å²) in [5.41, 5.74) is 3.53. The molecule has 4 heterocycles. The first-order valence-corrected chi connectivity index (χ1v) is 13.3. The topological polar surface area (TPSA) is 94.2 Å². The molecule has 0 saturated carbocycles. The molecule has 35 heavy (non-hydrogen) atoms. The highest BCUT2D eigenvalue weighted by Gasteiger charge is 2.32. The normalized spacial score (nSPS) is 20.4. The van der Waals surface area contributed by atoms with Crippen LogP contribution < -0.4 is 15.8 Å². The van der Waals surface area contributed by atoms with Crippen molar-refractivity contribution in [2.24, 2.45) is 0 Å². The number of aromatic amines is 1. The summed E-state index contributed by atoms with van der Waals surface area (Å²) in [5, 5.41) is 3.25. The van der Waals surface area contributed by atoms with Crippen LogP contribution in [0.25, 0.3) is 10.9 Å². The van der Waals surface area contributed by atoms with Crippen LogP contribution >= 0.6 is 22.6 Å². The number of pyridine rings is 1. The van der Waals surface area contributed by atoms with E-state index in [0.29, 0.717) is 17.1 Å². The number of H-pyrrole nitrogens is 1. The van der Waals surface area contributed by atoms with E-state index in [1.165, 1.54) is 5.70 Å². The maximum Gasteiger partial charge on any atom is 0.269 e. The van der Waals surface area contributed by atoms with Crippen molar-refractivity contribution in [3.8, 4) is 0 Å². The molecule has 0 bridgehead atoms. The van der Waals surface area contributed by atoms with Crippen LogP contribution in [0.3, 0.4) is 0 Å². The first kappa shape index (κ1) is 23.8. The highest BCUT2D eigenvalue weighted by atomic mass is 127. The molecular formula is C26H29IN6O2. The fraction of sp³-hybridized carbons (Fsp3) is 0.385. The zero-order valence-corrected chi connectivity index (χ0v) is 21.9. The monoisotopic (exact) mass is 584 g/mol. The molecule has 5 rings (SSSR count). The van der Waals surface area contributed by atoms with Gasteiger partial charge in [-0.05, 0) is 54.0 Å². The number of allylic oxidation sites excluding steroid dienone is 1. The Balaban J connectivity index is 1.23. The van der Waals surface area contributed by atoms with Gasteiger partial charge in [-0.3, -0.25) is 9.59 Å². The number of piperidine rings is 2. The zero-order chi connectivity index (χ0) is 24.4. The van der Waals surface area contributed by atoms with Crippen molar-refractivity contribution in [2.75, 3.05) is 31.6 Å². The summed E-state index contributed by atoms with van der Waals surface area (Å²) in [5.74, 6) is 0.848. The number of rotatable bonds is 4. The van der Waals surface area contributed by atoms with Crippen LogP contribution in [0.5, 0.6) is 0 Å². The van der Waals surface area contributed by atoms with Crippen LogP contribution in [0.15, 0.2) is 57.2 Å². The maximum atomic E-state index is 12.6. The lowest BCUT2D eigenvalue weighted by Crippen LogP contribution is -2.46. The largest absolute Gasteiger partial charge is 0.371 e. The van der Waals surface area contributed by atoms with Crippen molar-refractivity contribution in [2.45, 2.75) is 37.6 Å². The van der Waals surface area contributed by atoms with E-state index in [4.69, 9.17) is 4.98 Å². The zero-order valence-electron chi connectivity index (χ0n) is 19.7. The minimum Gasteiger partial charge on any atom is -0.371 e. The Hall–Kier alpha value is -2.95. The second-order valence-corrected chi connectivity index (χ2v) is 9.77. The third kappa shape index (κ3) is 4.91. The van der Waals surface area contributed by atoms with Gasteiger partial charge in [-0.15, -0.1) is 0 Å². The number of carbonyl (C=O) groups excluding carboxylic acids is 1. The Morgan fingerprint density at radius 2 is 1.94 bits per heavy atom. The van der Waals surface area contributed by atoms with Gasteiger partial charge in [-0.2, -0.15) is 0 Å². The third-order valence-electron chi connectivity index (χ3n) is 7.16. The summed E-state index contributed by atoms with van der Waals surface area (Å²) in [7, 11) is 1.61. The van der Waals surface area contributed by atoms with E-state index < -0.39 is 0 Å². The molecule has 1 atom stereocenters. The minimum atomic E-state index is -0.167. The van der Waals surface area contributed by atoms with Gasteiger partial charge < -0.3 is 20.1 Å². The Labute approximate surface area is 218 Å². The van der Waals surface area contributed by atoms with E-state index in [2.05, 4.69) is 51.8 Å². The Morgan fingerprint density at radius 3 is 2.66 bits per heavy atom. The molecule has 1 aromatic carbocycles. The van der Waals surface area contributed by atoms with Crippen LogP contribution in [-0.4, -0.2) is 58.5 Å². The van der Waals surface area contributed by atoms with Gasteiger partial charge in [-0.1, -0.05) is 34.7 Å². The van der Waals surface area contributed by atoms with Gasteiger partial charge in [0, 0.05) is 44.3 Å². The SMILES string of the molecule is CNC(=O)c1ccc(N2CCC(N3CCC(c4nc5ccccc5c(=O)[nH]4)C/C3=C/I)CC2)cn1. The third-order valence-corrected chi connectivity index (χ3v) is 7.88. The molecule has 2 aromatic heterocycles. The van der Waals surface area contributed by atoms with Crippen LogP contribution in [0.2, 0.25) is 0 Å². The highest BCUT2D eigenvalue weighted by molar-refractivity contribution is 14.1. The molecular weight excluding hydrogens is 555 g/mol. The number of benzene rings is 1. The van der Waals surface area contributed by atoms with E-state index in [-0.39, 0.29) is 17.4 Å².